The molecule has 0 aliphatic rings. The first-order valence-electron chi connectivity index (χ1n) is 15.6. The molecule has 0 saturated carbocycles. The Bertz CT molecular complexity index is 2440. The van der Waals surface area contributed by atoms with Crippen LogP contribution in [0.3, 0.4) is 0 Å². The van der Waals surface area contributed by atoms with Crippen LogP contribution < -0.4 is 0 Å². The first kappa shape index (κ1) is 29.1. The SMILES string of the molecule is CC(C)c1cccc(C(C)C)c1-n1c(-c2cc3nc(-c4ccccc4)oc3c3c2oc2cc(C(F)(F)F)ccc23)nc2ccccc21. The van der Waals surface area contributed by atoms with E-state index in [1.807, 2.05) is 60.7 Å². The molecule has 8 rings (SSSR count). The Balaban J connectivity index is 1.53. The van der Waals surface area contributed by atoms with Gasteiger partial charge in [-0.25, -0.2) is 9.97 Å². The molecule has 0 spiro atoms. The minimum atomic E-state index is -4.53. The second-order valence-electron chi connectivity index (χ2n) is 12.5. The lowest BCUT2D eigenvalue weighted by Gasteiger charge is -2.22. The molecule has 0 bridgehead atoms. The highest BCUT2D eigenvalue weighted by Crippen LogP contribution is 2.45. The van der Waals surface area contributed by atoms with Gasteiger partial charge in [-0.15, -0.1) is 0 Å². The quantitative estimate of drug-likeness (QED) is 0.190. The molecule has 5 aromatic carbocycles. The van der Waals surface area contributed by atoms with Crippen molar-refractivity contribution in [2.45, 2.75) is 45.7 Å². The van der Waals surface area contributed by atoms with Gasteiger partial charge in [-0.3, -0.25) is 4.57 Å². The summed E-state index contributed by atoms with van der Waals surface area (Å²) >= 11 is 0. The van der Waals surface area contributed by atoms with Crippen molar-refractivity contribution in [3.8, 4) is 28.5 Å². The van der Waals surface area contributed by atoms with Crippen LogP contribution in [-0.4, -0.2) is 14.5 Å². The normalized spacial score (nSPS) is 12.5. The van der Waals surface area contributed by atoms with E-state index in [1.165, 1.54) is 6.07 Å². The van der Waals surface area contributed by atoms with Gasteiger partial charge in [0, 0.05) is 10.9 Å². The number of furan rings is 1. The summed E-state index contributed by atoms with van der Waals surface area (Å²) in [6, 6.07) is 29.3. The second kappa shape index (κ2) is 10.6. The van der Waals surface area contributed by atoms with E-state index >= 15 is 0 Å². The highest BCUT2D eigenvalue weighted by Gasteiger charge is 2.32. The molecule has 0 N–H and O–H groups in total. The second-order valence-corrected chi connectivity index (χ2v) is 12.5. The Labute approximate surface area is 268 Å². The van der Waals surface area contributed by atoms with Crippen LogP contribution in [0, 0.1) is 0 Å². The molecular formula is C39H30F3N3O2. The number of hydrogen-bond acceptors (Lipinski definition) is 4. The van der Waals surface area contributed by atoms with Crippen molar-refractivity contribution in [1.29, 1.82) is 0 Å². The number of rotatable bonds is 5. The van der Waals surface area contributed by atoms with Gasteiger partial charge in [-0.05, 0) is 71.5 Å². The van der Waals surface area contributed by atoms with Gasteiger partial charge < -0.3 is 8.83 Å². The molecule has 0 unspecified atom stereocenters. The third kappa shape index (κ3) is 4.61. The fourth-order valence-electron chi connectivity index (χ4n) is 6.57. The Kier molecular flexibility index (Phi) is 6.55. The van der Waals surface area contributed by atoms with Gasteiger partial charge >= 0.3 is 6.18 Å². The van der Waals surface area contributed by atoms with Crippen LogP contribution in [0.4, 0.5) is 13.2 Å². The molecule has 8 heteroatoms. The highest BCUT2D eigenvalue weighted by molar-refractivity contribution is 6.20. The standard InChI is InChI=1S/C39H30F3N3O2/c1-21(2)25-13-10-14-26(22(3)4)34(25)45-31-16-9-8-15-29(31)43-37(45)28-20-30-36(47-38(44-30)23-11-6-5-7-12-23)33-27-18-17-24(39(40,41)42)19-32(27)46-35(28)33/h5-22H,1-4H3. The van der Waals surface area contributed by atoms with Crippen molar-refractivity contribution >= 4 is 44.1 Å². The lowest BCUT2D eigenvalue weighted by molar-refractivity contribution is -0.137. The summed E-state index contributed by atoms with van der Waals surface area (Å²) in [6.45, 7) is 8.68. The molecule has 0 aliphatic heterocycles. The number of nitrogens with zero attached hydrogens (tertiary/aromatic N) is 3. The Hall–Kier alpha value is -5.37. The summed E-state index contributed by atoms with van der Waals surface area (Å²) in [7, 11) is 0. The van der Waals surface area contributed by atoms with E-state index in [-0.39, 0.29) is 17.4 Å². The van der Waals surface area contributed by atoms with Gasteiger partial charge in [0.05, 0.1) is 33.2 Å². The molecule has 47 heavy (non-hydrogen) atoms. The summed E-state index contributed by atoms with van der Waals surface area (Å²) in [4.78, 5) is 10.1. The third-order valence-corrected chi connectivity index (χ3v) is 8.81. The molecule has 234 valence electrons. The summed E-state index contributed by atoms with van der Waals surface area (Å²) in [5.41, 5.74) is 7.12. The van der Waals surface area contributed by atoms with Gasteiger partial charge in [0.25, 0.3) is 0 Å². The highest BCUT2D eigenvalue weighted by atomic mass is 19.4. The molecule has 0 amide bonds. The average Bonchev–Trinajstić information content (AvgIpc) is 3.76. The van der Waals surface area contributed by atoms with Crippen LogP contribution in [-0.2, 0) is 6.18 Å². The van der Waals surface area contributed by atoms with Gasteiger partial charge in [0.1, 0.15) is 22.5 Å². The Morgan fingerprint density at radius 3 is 2.09 bits per heavy atom. The molecule has 0 fully saturated rings. The van der Waals surface area contributed by atoms with E-state index < -0.39 is 11.7 Å². The van der Waals surface area contributed by atoms with Crippen LogP contribution in [0.15, 0.2) is 106 Å². The lowest BCUT2D eigenvalue weighted by atomic mass is 9.92. The monoisotopic (exact) mass is 629 g/mol. The maximum absolute atomic E-state index is 13.8. The zero-order valence-corrected chi connectivity index (χ0v) is 26.2. The number of oxazole rings is 1. The molecule has 0 radical (unpaired) electrons. The van der Waals surface area contributed by atoms with Crippen LogP contribution >= 0.6 is 0 Å². The zero-order valence-electron chi connectivity index (χ0n) is 26.2. The predicted octanol–water partition coefficient (Wildman–Crippen LogP) is 11.7. The van der Waals surface area contributed by atoms with Gasteiger partial charge in [0.15, 0.2) is 5.58 Å². The summed E-state index contributed by atoms with van der Waals surface area (Å²) in [6.07, 6.45) is -4.53. The maximum Gasteiger partial charge on any atom is 0.416 e. The number of para-hydroxylation sites is 3. The number of benzene rings is 5. The molecule has 0 atom stereocenters. The smallest absolute Gasteiger partial charge is 0.416 e. The van der Waals surface area contributed by atoms with E-state index in [0.29, 0.717) is 44.7 Å². The molecule has 8 aromatic rings. The molecule has 5 nitrogen and oxygen atoms in total. The first-order chi connectivity index (χ1) is 22.6. The van der Waals surface area contributed by atoms with Crippen molar-refractivity contribution in [3.63, 3.8) is 0 Å². The van der Waals surface area contributed by atoms with E-state index in [9.17, 15) is 13.2 Å². The van der Waals surface area contributed by atoms with Crippen molar-refractivity contribution in [2.75, 3.05) is 0 Å². The Morgan fingerprint density at radius 2 is 1.38 bits per heavy atom. The Morgan fingerprint density at radius 1 is 0.681 bits per heavy atom. The van der Waals surface area contributed by atoms with E-state index in [2.05, 4.69) is 50.5 Å². The predicted molar refractivity (Wildman–Crippen MR) is 180 cm³/mol. The number of alkyl halides is 3. The van der Waals surface area contributed by atoms with Crippen molar-refractivity contribution in [3.05, 3.63) is 114 Å². The molecular weight excluding hydrogens is 599 g/mol. The number of halogens is 3. The van der Waals surface area contributed by atoms with Crippen LogP contribution in [0.2, 0.25) is 0 Å². The van der Waals surface area contributed by atoms with Gasteiger partial charge in [-0.2, -0.15) is 13.2 Å². The van der Waals surface area contributed by atoms with E-state index in [1.54, 1.807) is 0 Å². The number of hydrogen-bond donors (Lipinski definition) is 0. The van der Waals surface area contributed by atoms with Crippen LogP contribution in [0.25, 0.3) is 72.6 Å². The minimum absolute atomic E-state index is 0.106. The zero-order chi connectivity index (χ0) is 32.6. The first-order valence-corrected chi connectivity index (χ1v) is 15.6. The molecule has 3 aromatic heterocycles. The third-order valence-electron chi connectivity index (χ3n) is 8.81. The molecule has 0 saturated heterocycles. The minimum Gasteiger partial charge on any atom is -0.455 e. The topological polar surface area (TPSA) is 57.0 Å². The molecule has 0 aliphatic carbocycles. The lowest BCUT2D eigenvalue weighted by Crippen LogP contribution is -2.08. The van der Waals surface area contributed by atoms with Gasteiger partial charge in [0.2, 0.25) is 5.89 Å². The van der Waals surface area contributed by atoms with E-state index in [0.717, 1.165) is 45.5 Å². The number of imidazole rings is 1. The molecule has 3 heterocycles. The van der Waals surface area contributed by atoms with Gasteiger partial charge in [-0.1, -0.05) is 76.2 Å². The largest absolute Gasteiger partial charge is 0.455 e. The van der Waals surface area contributed by atoms with Crippen molar-refractivity contribution in [1.82, 2.24) is 14.5 Å². The van der Waals surface area contributed by atoms with Crippen LogP contribution in [0.1, 0.15) is 56.2 Å². The van der Waals surface area contributed by atoms with E-state index in [4.69, 9.17) is 18.8 Å². The fraction of sp³-hybridized carbons (Fsp3) is 0.179. The summed E-state index contributed by atoms with van der Waals surface area (Å²) in [5.74, 6) is 1.42. The summed E-state index contributed by atoms with van der Waals surface area (Å²) < 4.78 is 56.5. The maximum atomic E-state index is 13.8. The van der Waals surface area contributed by atoms with Crippen molar-refractivity contribution in [2.24, 2.45) is 0 Å². The fourth-order valence-corrected chi connectivity index (χ4v) is 6.57. The summed E-state index contributed by atoms with van der Waals surface area (Å²) in [5, 5.41) is 1.06. The average molecular weight is 630 g/mol. The number of aromatic nitrogens is 3. The van der Waals surface area contributed by atoms with Crippen LogP contribution in [0.5, 0.6) is 0 Å². The van der Waals surface area contributed by atoms with Crippen molar-refractivity contribution < 1.29 is 22.0 Å². The number of fused-ring (bicyclic) bond motifs is 6.